The van der Waals surface area contributed by atoms with E-state index in [4.69, 9.17) is 17.3 Å². The summed E-state index contributed by atoms with van der Waals surface area (Å²) in [7, 11) is 0. The molecule has 0 unspecified atom stereocenters. The highest BCUT2D eigenvalue weighted by molar-refractivity contribution is 6.29. The Bertz CT molecular complexity index is 569. The maximum Gasteiger partial charge on any atom is 0.131 e. The van der Waals surface area contributed by atoms with Crippen molar-refractivity contribution in [1.82, 2.24) is 4.98 Å². The summed E-state index contributed by atoms with van der Waals surface area (Å²) in [6.07, 6.45) is 1.56. The molecule has 0 atom stereocenters. The van der Waals surface area contributed by atoms with Crippen LogP contribution < -0.4 is 5.73 Å². The predicted molar refractivity (Wildman–Crippen MR) is 67.7 cm³/mol. The lowest BCUT2D eigenvalue weighted by Gasteiger charge is -2.01. The van der Waals surface area contributed by atoms with E-state index in [0.29, 0.717) is 22.2 Å². The first-order chi connectivity index (χ1) is 8.15. The predicted octanol–water partition coefficient (Wildman–Crippen LogP) is 2.48. The Kier molecular flexibility index (Phi) is 3.25. The van der Waals surface area contributed by atoms with Crippen LogP contribution in [0.25, 0.3) is 0 Å². The van der Waals surface area contributed by atoms with Gasteiger partial charge >= 0.3 is 0 Å². The van der Waals surface area contributed by atoms with Gasteiger partial charge in [-0.05, 0) is 24.3 Å². The summed E-state index contributed by atoms with van der Waals surface area (Å²) in [5.74, 6) is 0.465. The van der Waals surface area contributed by atoms with Gasteiger partial charge in [0.2, 0.25) is 0 Å². The number of rotatable bonds is 2. The number of aromatic nitrogens is 1. The van der Waals surface area contributed by atoms with Crippen LogP contribution in [0.3, 0.4) is 0 Å². The average Bonchev–Trinajstić information content (AvgIpc) is 2.29. The molecular weight excluding hydrogens is 238 g/mol. The highest BCUT2D eigenvalue weighted by atomic mass is 35.5. The monoisotopic (exact) mass is 247 g/mol. The van der Waals surface area contributed by atoms with Crippen LogP contribution in [0, 0.1) is 0 Å². The minimum absolute atomic E-state index is 0.145. The summed E-state index contributed by atoms with van der Waals surface area (Å²) >= 11 is 5.76. The lowest BCUT2D eigenvalue weighted by Crippen LogP contribution is -2.12. The van der Waals surface area contributed by atoms with Crippen molar-refractivity contribution in [1.29, 1.82) is 0 Å². The highest BCUT2D eigenvalue weighted by Gasteiger charge is 2.00. The molecule has 0 aliphatic carbocycles. The number of hydrogen-bond donors (Lipinski definition) is 2. The highest BCUT2D eigenvalue weighted by Crippen LogP contribution is 2.19. The summed E-state index contributed by atoms with van der Waals surface area (Å²) in [6, 6.07) is 9.88. The van der Waals surface area contributed by atoms with Gasteiger partial charge in [-0.1, -0.05) is 17.7 Å². The van der Waals surface area contributed by atoms with E-state index in [0.717, 1.165) is 0 Å². The summed E-state index contributed by atoms with van der Waals surface area (Å²) in [4.78, 5) is 8.04. The smallest absolute Gasteiger partial charge is 0.131 e. The van der Waals surface area contributed by atoms with Crippen LogP contribution in [-0.4, -0.2) is 15.9 Å². The van der Waals surface area contributed by atoms with Gasteiger partial charge in [0.1, 0.15) is 16.7 Å². The Labute approximate surface area is 103 Å². The summed E-state index contributed by atoms with van der Waals surface area (Å²) in [6.45, 7) is 0. The van der Waals surface area contributed by atoms with Crippen molar-refractivity contribution in [3.63, 3.8) is 0 Å². The SMILES string of the molecule is NC(=Nc1cccc(O)c1)c1ccnc(Cl)c1. The molecule has 1 aromatic carbocycles. The van der Waals surface area contributed by atoms with E-state index in [2.05, 4.69) is 9.98 Å². The Hall–Kier alpha value is -2.07. The number of phenolic OH excluding ortho intramolecular Hbond substituents is 1. The first-order valence-electron chi connectivity index (χ1n) is 4.90. The molecule has 0 aliphatic rings. The minimum atomic E-state index is 0.145. The van der Waals surface area contributed by atoms with E-state index in [1.807, 2.05) is 0 Å². The number of aromatic hydroxyl groups is 1. The van der Waals surface area contributed by atoms with Crippen molar-refractivity contribution in [3.8, 4) is 5.75 Å². The topological polar surface area (TPSA) is 71.5 Å². The van der Waals surface area contributed by atoms with Crippen molar-refractivity contribution in [2.24, 2.45) is 10.7 Å². The van der Waals surface area contributed by atoms with E-state index in [9.17, 15) is 5.11 Å². The Balaban J connectivity index is 2.34. The van der Waals surface area contributed by atoms with Crippen LogP contribution in [0.2, 0.25) is 5.15 Å². The lowest BCUT2D eigenvalue weighted by molar-refractivity contribution is 0.475. The summed E-state index contributed by atoms with van der Waals surface area (Å²) < 4.78 is 0. The van der Waals surface area contributed by atoms with Crippen LogP contribution >= 0.6 is 11.6 Å². The van der Waals surface area contributed by atoms with Crippen molar-refractivity contribution in [2.75, 3.05) is 0 Å². The number of aliphatic imine (C=N–C) groups is 1. The van der Waals surface area contributed by atoms with Crippen LogP contribution in [0.15, 0.2) is 47.6 Å². The number of phenols is 1. The number of nitrogens with two attached hydrogens (primary N) is 1. The second-order valence-corrected chi connectivity index (χ2v) is 3.77. The molecule has 0 saturated carbocycles. The third-order valence-corrected chi connectivity index (χ3v) is 2.31. The van der Waals surface area contributed by atoms with Gasteiger partial charge in [-0.3, -0.25) is 0 Å². The van der Waals surface area contributed by atoms with Gasteiger partial charge in [0, 0.05) is 17.8 Å². The molecule has 0 aliphatic heterocycles. The van der Waals surface area contributed by atoms with Gasteiger partial charge < -0.3 is 10.8 Å². The molecular formula is C12H10ClN3O. The molecule has 3 N–H and O–H groups in total. The first-order valence-corrected chi connectivity index (χ1v) is 5.28. The third-order valence-electron chi connectivity index (χ3n) is 2.10. The zero-order valence-electron chi connectivity index (χ0n) is 8.84. The number of halogens is 1. The van der Waals surface area contributed by atoms with Gasteiger partial charge in [0.25, 0.3) is 0 Å². The largest absolute Gasteiger partial charge is 0.508 e. The molecule has 5 heteroatoms. The molecule has 0 amide bonds. The van der Waals surface area contributed by atoms with Crippen LogP contribution in [-0.2, 0) is 0 Å². The molecule has 86 valence electrons. The zero-order valence-corrected chi connectivity index (χ0v) is 9.59. The fourth-order valence-electron chi connectivity index (χ4n) is 1.33. The summed E-state index contributed by atoms with van der Waals surface area (Å²) in [5, 5.41) is 9.66. The molecule has 0 fully saturated rings. The zero-order chi connectivity index (χ0) is 12.3. The molecule has 4 nitrogen and oxygen atoms in total. The fourth-order valence-corrected chi connectivity index (χ4v) is 1.50. The minimum Gasteiger partial charge on any atom is -0.508 e. The molecule has 1 heterocycles. The maximum absolute atomic E-state index is 9.30. The van der Waals surface area contributed by atoms with E-state index in [-0.39, 0.29) is 5.75 Å². The maximum atomic E-state index is 9.30. The molecule has 2 rings (SSSR count). The molecule has 2 aromatic rings. The quantitative estimate of drug-likeness (QED) is 0.487. The second kappa shape index (κ2) is 4.84. The second-order valence-electron chi connectivity index (χ2n) is 3.38. The Morgan fingerprint density at radius 1 is 1.29 bits per heavy atom. The summed E-state index contributed by atoms with van der Waals surface area (Å²) in [5.41, 5.74) is 7.10. The van der Waals surface area contributed by atoms with Gasteiger partial charge in [-0.2, -0.15) is 0 Å². The molecule has 0 spiro atoms. The number of pyridine rings is 1. The van der Waals surface area contributed by atoms with Crippen molar-refractivity contribution in [2.45, 2.75) is 0 Å². The number of amidine groups is 1. The van der Waals surface area contributed by atoms with Crippen molar-refractivity contribution >= 4 is 23.1 Å². The lowest BCUT2D eigenvalue weighted by atomic mass is 10.2. The third kappa shape index (κ3) is 2.95. The van der Waals surface area contributed by atoms with E-state index >= 15 is 0 Å². The van der Waals surface area contributed by atoms with Crippen LogP contribution in [0.4, 0.5) is 5.69 Å². The van der Waals surface area contributed by atoms with Crippen molar-refractivity contribution < 1.29 is 5.11 Å². The van der Waals surface area contributed by atoms with Gasteiger partial charge in [0.05, 0.1) is 5.69 Å². The number of nitrogens with zero attached hydrogens (tertiary/aromatic N) is 2. The molecule has 0 saturated heterocycles. The van der Waals surface area contributed by atoms with E-state index in [1.54, 1.807) is 36.5 Å². The van der Waals surface area contributed by atoms with Crippen LogP contribution in [0.5, 0.6) is 5.75 Å². The number of hydrogen-bond acceptors (Lipinski definition) is 3. The van der Waals surface area contributed by atoms with E-state index in [1.165, 1.54) is 6.07 Å². The average molecular weight is 248 g/mol. The molecule has 0 bridgehead atoms. The molecule has 0 radical (unpaired) electrons. The van der Waals surface area contributed by atoms with Gasteiger partial charge in [-0.25, -0.2) is 9.98 Å². The van der Waals surface area contributed by atoms with Gasteiger partial charge in [-0.15, -0.1) is 0 Å². The standard InChI is InChI=1S/C12H10ClN3O/c13-11-6-8(4-5-15-11)12(14)16-9-2-1-3-10(17)7-9/h1-7,17H,(H2,14,16). The normalized spacial score (nSPS) is 11.5. The Morgan fingerprint density at radius 2 is 2.12 bits per heavy atom. The van der Waals surface area contributed by atoms with Crippen LogP contribution in [0.1, 0.15) is 5.56 Å². The molecule has 1 aromatic heterocycles. The van der Waals surface area contributed by atoms with Gasteiger partial charge in [0.15, 0.2) is 0 Å². The number of benzene rings is 1. The van der Waals surface area contributed by atoms with E-state index < -0.39 is 0 Å². The fraction of sp³-hybridized carbons (Fsp3) is 0. The van der Waals surface area contributed by atoms with Crippen molar-refractivity contribution in [3.05, 3.63) is 53.3 Å². The first kappa shape index (κ1) is 11.4. The molecule has 17 heavy (non-hydrogen) atoms. The Morgan fingerprint density at radius 3 is 2.82 bits per heavy atom.